The van der Waals surface area contributed by atoms with E-state index in [4.69, 9.17) is 0 Å². The molecule has 22 heavy (non-hydrogen) atoms. The minimum absolute atomic E-state index is 1.12. The topological polar surface area (TPSA) is 8.81 Å². The lowest BCUT2D eigenvalue weighted by Gasteiger charge is -2.03. The van der Waals surface area contributed by atoms with Crippen molar-refractivity contribution in [1.29, 1.82) is 0 Å². The lowest BCUT2D eigenvalue weighted by atomic mass is 10.2. The largest absolute Gasteiger partial charge is 0.292 e. The van der Waals surface area contributed by atoms with Crippen LogP contribution in [-0.2, 0) is 0 Å². The second-order valence-corrected chi connectivity index (χ2v) is 5.43. The van der Waals surface area contributed by atoms with E-state index in [9.17, 15) is 0 Å². The fourth-order valence-corrected chi connectivity index (χ4v) is 2.71. The lowest BCUT2D eigenvalue weighted by Crippen LogP contribution is -2.29. The summed E-state index contributed by atoms with van der Waals surface area (Å²) in [6.07, 6.45) is 3.48. The molecular weight excluding hydrogens is 268 g/mol. The van der Waals surface area contributed by atoms with Crippen LogP contribution in [0.1, 0.15) is 5.56 Å². The van der Waals surface area contributed by atoms with Crippen molar-refractivity contribution in [3.05, 3.63) is 90.8 Å². The molecule has 2 heteroatoms. The summed E-state index contributed by atoms with van der Waals surface area (Å²) in [7, 11) is 0. The summed E-state index contributed by atoms with van der Waals surface area (Å²) < 4.78 is 4.22. The Hall–Kier alpha value is -2.87. The summed E-state index contributed by atoms with van der Waals surface area (Å²) in [5.74, 6) is 0. The SMILES string of the molecule is Cc1ccc(-[n+]2[c-]n(-c3ccccc3)c3ccccc32)cc1. The number of aryl methyl sites for hydroxylation is 1. The molecule has 0 saturated heterocycles. The van der Waals surface area contributed by atoms with Gasteiger partial charge in [0.25, 0.3) is 6.33 Å². The van der Waals surface area contributed by atoms with Crippen LogP contribution in [0.3, 0.4) is 0 Å². The third-order valence-corrected chi connectivity index (χ3v) is 3.87. The summed E-state index contributed by atoms with van der Waals surface area (Å²) in [5, 5.41) is 0. The lowest BCUT2D eigenvalue weighted by molar-refractivity contribution is -0.572. The summed E-state index contributed by atoms with van der Waals surface area (Å²) in [6, 6.07) is 27.2. The number of aromatic nitrogens is 2. The quantitative estimate of drug-likeness (QED) is 0.388. The van der Waals surface area contributed by atoms with Crippen molar-refractivity contribution in [3.63, 3.8) is 0 Å². The third kappa shape index (κ3) is 2.09. The highest BCUT2D eigenvalue weighted by atomic mass is 15.1. The molecule has 4 rings (SSSR count). The van der Waals surface area contributed by atoms with Gasteiger partial charge in [-0.25, -0.2) is 0 Å². The Morgan fingerprint density at radius 1 is 0.773 bits per heavy atom. The van der Waals surface area contributed by atoms with E-state index in [0.29, 0.717) is 0 Å². The maximum Gasteiger partial charge on any atom is 0.269 e. The first-order valence-electron chi connectivity index (χ1n) is 7.40. The number of hydrogen-bond acceptors (Lipinski definition) is 0. The third-order valence-electron chi connectivity index (χ3n) is 3.87. The Morgan fingerprint density at radius 3 is 2.23 bits per heavy atom. The molecule has 0 N–H and O–H groups in total. The maximum atomic E-state index is 3.48. The molecule has 0 aliphatic carbocycles. The van der Waals surface area contributed by atoms with Crippen molar-refractivity contribution >= 4 is 11.0 Å². The first kappa shape index (κ1) is 12.8. The zero-order chi connectivity index (χ0) is 14.9. The molecule has 0 bridgehead atoms. The highest BCUT2D eigenvalue weighted by Gasteiger charge is 2.11. The van der Waals surface area contributed by atoms with E-state index >= 15 is 0 Å². The Morgan fingerprint density at radius 2 is 1.45 bits per heavy atom. The second-order valence-electron chi connectivity index (χ2n) is 5.43. The molecule has 2 nitrogen and oxygen atoms in total. The molecule has 0 fully saturated rings. The fraction of sp³-hybridized carbons (Fsp3) is 0.0500. The van der Waals surface area contributed by atoms with Crippen LogP contribution < -0.4 is 4.57 Å². The van der Waals surface area contributed by atoms with Gasteiger partial charge in [-0.1, -0.05) is 60.2 Å². The summed E-state index contributed by atoms with van der Waals surface area (Å²) in [4.78, 5) is 0. The van der Waals surface area contributed by atoms with E-state index < -0.39 is 0 Å². The van der Waals surface area contributed by atoms with Crippen LogP contribution in [0, 0.1) is 13.3 Å². The van der Waals surface area contributed by atoms with Crippen molar-refractivity contribution in [1.82, 2.24) is 4.57 Å². The number of fused-ring (bicyclic) bond motifs is 1. The van der Waals surface area contributed by atoms with Crippen LogP contribution in [0.2, 0.25) is 0 Å². The highest BCUT2D eigenvalue weighted by molar-refractivity contribution is 5.74. The van der Waals surface area contributed by atoms with Gasteiger partial charge in [-0.15, -0.1) is 0 Å². The first-order valence-corrected chi connectivity index (χ1v) is 7.40. The van der Waals surface area contributed by atoms with Crippen LogP contribution in [0.15, 0.2) is 78.9 Å². The van der Waals surface area contributed by atoms with Crippen LogP contribution in [-0.4, -0.2) is 4.57 Å². The van der Waals surface area contributed by atoms with Crippen molar-refractivity contribution < 1.29 is 4.57 Å². The fourth-order valence-electron chi connectivity index (χ4n) is 2.71. The number of hydrogen-bond donors (Lipinski definition) is 0. The van der Waals surface area contributed by atoms with Gasteiger partial charge in [0.2, 0.25) is 0 Å². The molecule has 0 unspecified atom stereocenters. The van der Waals surface area contributed by atoms with Gasteiger partial charge in [-0.3, -0.25) is 9.13 Å². The Bertz CT molecular complexity index is 919. The van der Waals surface area contributed by atoms with E-state index in [1.54, 1.807) is 0 Å². The summed E-state index contributed by atoms with van der Waals surface area (Å²) in [5.41, 5.74) is 5.79. The molecule has 0 aliphatic rings. The van der Waals surface area contributed by atoms with Gasteiger partial charge < -0.3 is 0 Å². The van der Waals surface area contributed by atoms with E-state index in [1.807, 2.05) is 18.2 Å². The normalized spacial score (nSPS) is 11.0. The van der Waals surface area contributed by atoms with Crippen LogP contribution in [0.4, 0.5) is 0 Å². The minimum atomic E-state index is 1.12. The average Bonchev–Trinajstić information content (AvgIpc) is 2.96. The molecule has 0 amide bonds. The van der Waals surface area contributed by atoms with Gasteiger partial charge in [-0.05, 0) is 31.2 Å². The first-order chi connectivity index (χ1) is 10.8. The van der Waals surface area contributed by atoms with Gasteiger partial charge in [0.1, 0.15) is 0 Å². The molecule has 1 aromatic heterocycles. The van der Waals surface area contributed by atoms with E-state index in [-0.39, 0.29) is 0 Å². The van der Waals surface area contributed by atoms with Crippen molar-refractivity contribution in [3.8, 4) is 11.4 Å². The molecule has 0 atom stereocenters. The second kappa shape index (κ2) is 5.15. The molecule has 0 spiro atoms. The zero-order valence-corrected chi connectivity index (χ0v) is 12.4. The van der Waals surface area contributed by atoms with E-state index in [0.717, 1.165) is 22.4 Å². The molecule has 106 valence electrons. The number of rotatable bonds is 2. The van der Waals surface area contributed by atoms with Crippen LogP contribution in [0.5, 0.6) is 0 Å². The Labute approximate surface area is 129 Å². The molecule has 3 aromatic carbocycles. The average molecular weight is 284 g/mol. The van der Waals surface area contributed by atoms with Crippen molar-refractivity contribution in [2.75, 3.05) is 0 Å². The standard InChI is InChI=1S/C20H16N2/c1-16-11-13-18(14-12-16)22-15-21(17-7-3-2-4-8-17)19-9-5-6-10-20(19)22/h2-14H,1H3. The van der Waals surface area contributed by atoms with Gasteiger partial charge in [0.05, 0.1) is 22.4 Å². The van der Waals surface area contributed by atoms with Crippen molar-refractivity contribution in [2.45, 2.75) is 6.92 Å². The van der Waals surface area contributed by atoms with Gasteiger partial charge in [0, 0.05) is 0 Å². The molecule has 1 heterocycles. The predicted octanol–water partition coefficient (Wildman–Crippen LogP) is 4.02. The van der Waals surface area contributed by atoms with E-state index in [2.05, 4.69) is 83.0 Å². The molecule has 0 saturated carbocycles. The predicted molar refractivity (Wildman–Crippen MR) is 88.4 cm³/mol. The Kier molecular flexibility index (Phi) is 3.01. The van der Waals surface area contributed by atoms with Gasteiger partial charge >= 0.3 is 0 Å². The van der Waals surface area contributed by atoms with Crippen molar-refractivity contribution in [2.24, 2.45) is 0 Å². The number of imidazole rings is 1. The molecule has 0 radical (unpaired) electrons. The van der Waals surface area contributed by atoms with Crippen LogP contribution in [0.25, 0.3) is 22.4 Å². The smallest absolute Gasteiger partial charge is 0.269 e. The van der Waals surface area contributed by atoms with Gasteiger partial charge in [-0.2, -0.15) is 0 Å². The Balaban J connectivity index is 1.99. The number of benzene rings is 3. The molecular formula is C20H16N2. The number of nitrogens with zero attached hydrogens (tertiary/aromatic N) is 2. The molecule has 4 aromatic rings. The van der Waals surface area contributed by atoms with Gasteiger partial charge in [0.15, 0.2) is 0 Å². The zero-order valence-electron chi connectivity index (χ0n) is 12.4. The highest BCUT2D eigenvalue weighted by Crippen LogP contribution is 2.18. The number of para-hydroxylation sites is 3. The minimum Gasteiger partial charge on any atom is -0.292 e. The van der Waals surface area contributed by atoms with E-state index in [1.165, 1.54) is 5.56 Å². The maximum absolute atomic E-state index is 3.48. The monoisotopic (exact) mass is 284 g/mol. The summed E-state index contributed by atoms with van der Waals surface area (Å²) in [6.45, 7) is 2.10. The summed E-state index contributed by atoms with van der Waals surface area (Å²) >= 11 is 0. The van der Waals surface area contributed by atoms with Crippen LogP contribution >= 0.6 is 0 Å². The molecule has 0 aliphatic heterocycles.